The summed E-state index contributed by atoms with van der Waals surface area (Å²) in [5.74, 6) is 1.66. The standard InChI is InChI=1S/C22H26N2O3S/c1-28-18-8-6-17(7-9-18)23-22(25)15-24-11-2-4-19(24)16-5-10-20-21(14-16)27-13-3-12-26-20/h5-10,14,19H,2-4,11-13,15H2,1H3,(H,23,25)/t19-/m0/s1. The van der Waals surface area contributed by atoms with E-state index in [1.54, 1.807) is 11.8 Å². The number of benzene rings is 2. The number of ether oxygens (including phenoxy) is 2. The van der Waals surface area contributed by atoms with E-state index in [2.05, 4.69) is 22.3 Å². The second kappa shape index (κ2) is 8.88. The van der Waals surface area contributed by atoms with Crippen LogP contribution in [0.15, 0.2) is 47.4 Å². The molecule has 0 bridgehead atoms. The minimum Gasteiger partial charge on any atom is -0.490 e. The Morgan fingerprint density at radius 1 is 1.11 bits per heavy atom. The summed E-state index contributed by atoms with van der Waals surface area (Å²) in [5, 5.41) is 3.02. The van der Waals surface area contributed by atoms with Crippen LogP contribution in [0.4, 0.5) is 5.69 Å². The quantitative estimate of drug-likeness (QED) is 0.759. The molecule has 1 fully saturated rings. The Labute approximate surface area is 170 Å². The highest BCUT2D eigenvalue weighted by Gasteiger charge is 2.28. The smallest absolute Gasteiger partial charge is 0.238 e. The van der Waals surface area contributed by atoms with Crippen LogP contribution in [0.25, 0.3) is 0 Å². The van der Waals surface area contributed by atoms with Gasteiger partial charge in [0, 0.05) is 23.0 Å². The monoisotopic (exact) mass is 398 g/mol. The molecule has 1 saturated heterocycles. The molecule has 0 radical (unpaired) electrons. The molecule has 2 aromatic carbocycles. The van der Waals surface area contributed by atoms with Crippen LogP contribution in [0.2, 0.25) is 0 Å². The van der Waals surface area contributed by atoms with Crippen LogP contribution in [0.3, 0.4) is 0 Å². The third kappa shape index (κ3) is 4.45. The Balaban J connectivity index is 1.41. The van der Waals surface area contributed by atoms with E-state index in [9.17, 15) is 4.79 Å². The second-order valence-corrected chi connectivity index (χ2v) is 8.04. The molecular formula is C22H26N2O3S. The van der Waals surface area contributed by atoms with Crippen LogP contribution < -0.4 is 14.8 Å². The number of likely N-dealkylation sites (tertiary alicyclic amines) is 1. The summed E-state index contributed by atoms with van der Waals surface area (Å²) in [6.45, 7) is 2.70. The molecule has 2 aliphatic heterocycles. The largest absolute Gasteiger partial charge is 0.490 e. The molecule has 5 nitrogen and oxygen atoms in total. The number of hydrogen-bond acceptors (Lipinski definition) is 5. The molecule has 2 heterocycles. The second-order valence-electron chi connectivity index (χ2n) is 7.16. The number of rotatable bonds is 5. The number of carbonyl (C=O) groups excluding carboxylic acids is 1. The highest BCUT2D eigenvalue weighted by molar-refractivity contribution is 7.98. The zero-order valence-electron chi connectivity index (χ0n) is 16.1. The van der Waals surface area contributed by atoms with Gasteiger partial charge in [-0.3, -0.25) is 9.69 Å². The lowest BCUT2D eigenvalue weighted by Crippen LogP contribution is -2.32. The van der Waals surface area contributed by atoms with Gasteiger partial charge in [-0.1, -0.05) is 6.07 Å². The lowest BCUT2D eigenvalue weighted by Gasteiger charge is -2.25. The van der Waals surface area contributed by atoms with E-state index >= 15 is 0 Å². The number of thioether (sulfide) groups is 1. The van der Waals surface area contributed by atoms with Gasteiger partial charge in [0.2, 0.25) is 5.91 Å². The van der Waals surface area contributed by atoms with E-state index in [1.165, 1.54) is 10.5 Å². The van der Waals surface area contributed by atoms with Crippen molar-refractivity contribution in [2.75, 3.05) is 37.9 Å². The lowest BCUT2D eigenvalue weighted by atomic mass is 10.0. The summed E-state index contributed by atoms with van der Waals surface area (Å²) >= 11 is 1.69. The van der Waals surface area contributed by atoms with Gasteiger partial charge in [0.15, 0.2) is 11.5 Å². The van der Waals surface area contributed by atoms with Crippen molar-refractivity contribution in [3.63, 3.8) is 0 Å². The van der Waals surface area contributed by atoms with Gasteiger partial charge in [-0.2, -0.15) is 0 Å². The predicted octanol–water partition coefficient (Wildman–Crippen LogP) is 4.35. The van der Waals surface area contributed by atoms with Crippen LogP contribution in [0, 0.1) is 0 Å². The van der Waals surface area contributed by atoms with E-state index in [0.717, 1.165) is 43.0 Å². The first kappa shape index (κ1) is 19.2. The van der Waals surface area contributed by atoms with Crippen LogP contribution in [0.5, 0.6) is 11.5 Å². The van der Waals surface area contributed by atoms with E-state index < -0.39 is 0 Å². The van der Waals surface area contributed by atoms with Crippen LogP contribution in [-0.2, 0) is 4.79 Å². The average molecular weight is 399 g/mol. The fourth-order valence-electron chi connectivity index (χ4n) is 3.84. The highest BCUT2D eigenvalue weighted by atomic mass is 32.2. The summed E-state index contributed by atoms with van der Waals surface area (Å²) in [5.41, 5.74) is 2.04. The van der Waals surface area contributed by atoms with Crippen LogP contribution >= 0.6 is 11.8 Å². The van der Waals surface area contributed by atoms with Crippen molar-refractivity contribution in [3.05, 3.63) is 48.0 Å². The van der Waals surface area contributed by atoms with Gasteiger partial charge in [0.05, 0.1) is 19.8 Å². The van der Waals surface area contributed by atoms with Gasteiger partial charge in [0.1, 0.15) is 0 Å². The Morgan fingerprint density at radius 2 is 1.89 bits per heavy atom. The van der Waals surface area contributed by atoms with Crippen LogP contribution in [0.1, 0.15) is 30.9 Å². The van der Waals surface area contributed by atoms with Crippen molar-refractivity contribution in [1.82, 2.24) is 4.90 Å². The number of amides is 1. The SMILES string of the molecule is CSc1ccc(NC(=O)CN2CCC[C@H]2c2ccc3c(c2)OCCCO3)cc1. The third-order valence-corrected chi connectivity index (χ3v) is 5.98. The van der Waals surface area contributed by atoms with Gasteiger partial charge in [-0.25, -0.2) is 0 Å². The Kier molecular flexibility index (Phi) is 6.07. The van der Waals surface area contributed by atoms with Crippen molar-refractivity contribution in [2.45, 2.75) is 30.2 Å². The average Bonchev–Trinajstić information content (AvgIpc) is 3.03. The van der Waals surface area contributed by atoms with E-state index in [-0.39, 0.29) is 11.9 Å². The number of fused-ring (bicyclic) bond motifs is 1. The van der Waals surface area contributed by atoms with E-state index in [4.69, 9.17) is 9.47 Å². The Hall–Kier alpha value is -2.18. The molecule has 2 aliphatic rings. The van der Waals surface area contributed by atoms with Crippen molar-refractivity contribution in [3.8, 4) is 11.5 Å². The lowest BCUT2D eigenvalue weighted by molar-refractivity contribution is -0.117. The third-order valence-electron chi connectivity index (χ3n) is 5.24. The molecule has 6 heteroatoms. The zero-order chi connectivity index (χ0) is 19.3. The van der Waals surface area contributed by atoms with Gasteiger partial charge in [0.25, 0.3) is 0 Å². The highest BCUT2D eigenvalue weighted by Crippen LogP contribution is 2.37. The maximum Gasteiger partial charge on any atom is 0.238 e. The number of nitrogens with zero attached hydrogens (tertiary/aromatic N) is 1. The maximum absolute atomic E-state index is 12.6. The van der Waals surface area contributed by atoms with Gasteiger partial charge < -0.3 is 14.8 Å². The number of hydrogen-bond donors (Lipinski definition) is 1. The first-order valence-corrected chi connectivity index (χ1v) is 11.0. The summed E-state index contributed by atoms with van der Waals surface area (Å²) in [6, 6.07) is 14.4. The predicted molar refractivity (Wildman–Crippen MR) is 112 cm³/mol. The van der Waals surface area contributed by atoms with Crippen molar-refractivity contribution >= 4 is 23.4 Å². The molecule has 0 saturated carbocycles. The summed E-state index contributed by atoms with van der Waals surface area (Å²) < 4.78 is 11.6. The molecule has 0 aromatic heterocycles. The van der Waals surface area contributed by atoms with Crippen LogP contribution in [-0.4, -0.2) is 43.4 Å². The molecule has 1 amide bonds. The molecular weight excluding hydrogens is 372 g/mol. The Bertz CT molecular complexity index is 825. The minimum absolute atomic E-state index is 0.0261. The molecule has 4 rings (SSSR count). The number of carbonyl (C=O) groups is 1. The molecule has 2 aromatic rings. The molecule has 0 aliphatic carbocycles. The van der Waals surface area contributed by atoms with Crippen molar-refractivity contribution in [2.24, 2.45) is 0 Å². The van der Waals surface area contributed by atoms with Gasteiger partial charge in [-0.05, 0) is 67.6 Å². The maximum atomic E-state index is 12.6. The molecule has 1 N–H and O–H groups in total. The van der Waals surface area contributed by atoms with Crippen molar-refractivity contribution < 1.29 is 14.3 Å². The normalized spacial score (nSPS) is 19.2. The molecule has 148 valence electrons. The zero-order valence-corrected chi connectivity index (χ0v) is 17.0. The summed E-state index contributed by atoms with van der Waals surface area (Å²) in [7, 11) is 0. The summed E-state index contributed by atoms with van der Waals surface area (Å²) in [6.07, 6.45) is 5.09. The molecule has 0 spiro atoms. The van der Waals surface area contributed by atoms with E-state index in [0.29, 0.717) is 19.8 Å². The minimum atomic E-state index is 0.0261. The van der Waals surface area contributed by atoms with Gasteiger partial charge in [-0.15, -0.1) is 11.8 Å². The first-order chi connectivity index (χ1) is 13.7. The fraction of sp³-hybridized carbons (Fsp3) is 0.409. The number of nitrogens with one attached hydrogen (secondary N) is 1. The number of anilines is 1. The first-order valence-electron chi connectivity index (χ1n) is 9.80. The summed E-state index contributed by atoms with van der Waals surface area (Å²) in [4.78, 5) is 16.0. The van der Waals surface area contributed by atoms with Gasteiger partial charge >= 0.3 is 0 Å². The molecule has 1 atom stereocenters. The van der Waals surface area contributed by atoms with E-state index in [1.807, 2.05) is 36.6 Å². The Morgan fingerprint density at radius 3 is 2.68 bits per heavy atom. The topological polar surface area (TPSA) is 50.8 Å². The van der Waals surface area contributed by atoms with Crippen molar-refractivity contribution in [1.29, 1.82) is 0 Å². The molecule has 28 heavy (non-hydrogen) atoms. The fourth-order valence-corrected chi connectivity index (χ4v) is 4.25. The molecule has 0 unspecified atom stereocenters.